The SMILES string of the molecule is Cc1ccc(Cn2c(-c3ccc(Oc4ccc(NS(C)=O)cc4)cc3)cc(C(F)(F)F)c(C#N)c2=O)c(C)c1. The van der Waals surface area contributed by atoms with E-state index in [0.29, 0.717) is 22.7 Å². The lowest BCUT2D eigenvalue weighted by molar-refractivity contribution is -0.137. The zero-order valence-corrected chi connectivity index (χ0v) is 22.1. The summed E-state index contributed by atoms with van der Waals surface area (Å²) >= 11 is 0. The van der Waals surface area contributed by atoms with Gasteiger partial charge < -0.3 is 14.0 Å². The van der Waals surface area contributed by atoms with E-state index < -0.39 is 33.8 Å². The van der Waals surface area contributed by atoms with Crippen LogP contribution in [0.1, 0.15) is 27.8 Å². The monoisotopic (exact) mass is 551 g/mol. The second-order valence-corrected chi connectivity index (χ2v) is 10.1. The molecule has 0 radical (unpaired) electrons. The third-order valence-corrected chi connectivity index (χ3v) is 6.57. The summed E-state index contributed by atoms with van der Waals surface area (Å²) in [6.45, 7) is 3.77. The van der Waals surface area contributed by atoms with E-state index in [1.54, 1.807) is 48.5 Å². The van der Waals surface area contributed by atoms with E-state index in [4.69, 9.17) is 4.74 Å². The number of aromatic nitrogens is 1. The van der Waals surface area contributed by atoms with Gasteiger partial charge >= 0.3 is 6.18 Å². The maximum atomic E-state index is 13.8. The molecule has 1 atom stereocenters. The highest BCUT2D eigenvalue weighted by atomic mass is 32.2. The van der Waals surface area contributed by atoms with Gasteiger partial charge in [-0.05, 0) is 85.1 Å². The van der Waals surface area contributed by atoms with Crippen LogP contribution in [0.2, 0.25) is 0 Å². The molecule has 0 bridgehead atoms. The van der Waals surface area contributed by atoms with Crippen molar-refractivity contribution in [3.05, 3.63) is 111 Å². The number of benzene rings is 3. The topological polar surface area (TPSA) is 84.1 Å². The van der Waals surface area contributed by atoms with Crippen LogP contribution in [0.15, 0.2) is 77.6 Å². The maximum absolute atomic E-state index is 13.8. The Hall–Kier alpha value is -4.36. The Balaban J connectivity index is 1.74. The van der Waals surface area contributed by atoms with Gasteiger partial charge in [0.1, 0.15) is 34.1 Å². The van der Waals surface area contributed by atoms with Crippen molar-refractivity contribution in [3.8, 4) is 28.8 Å². The van der Waals surface area contributed by atoms with E-state index in [1.807, 2.05) is 32.0 Å². The highest BCUT2D eigenvalue weighted by molar-refractivity contribution is 7.85. The molecule has 1 aromatic heterocycles. The van der Waals surface area contributed by atoms with Gasteiger partial charge in [-0.2, -0.15) is 18.4 Å². The highest BCUT2D eigenvalue weighted by Crippen LogP contribution is 2.34. The van der Waals surface area contributed by atoms with Crippen LogP contribution in [0.5, 0.6) is 11.5 Å². The lowest BCUT2D eigenvalue weighted by Crippen LogP contribution is -2.29. The van der Waals surface area contributed by atoms with Gasteiger partial charge in [-0.3, -0.25) is 4.79 Å². The van der Waals surface area contributed by atoms with Crippen LogP contribution in [-0.4, -0.2) is 15.0 Å². The Labute approximate surface area is 225 Å². The first-order valence-electron chi connectivity index (χ1n) is 11.8. The molecule has 200 valence electrons. The van der Waals surface area contributed by atoms with E-state index in [0.717, 1.165) is 22.8 Å². The van der Waals surface area contributed by atoms with Crippen molar-refractivity contribution in [2.75, 3.05) is 11.0 Å². The van der Waals surface area contributed by atoms with Gasteiger partial charge in [0.15, 0.2) is 0 Å². The molecule has 1 N–H and O–H groups in total. The van der Waals surface area contributed by atoms with Crippen LogP contribution in [0.4, 0.5) is 18.9 Å². The summed E-state index contributed by atoms with van der Waals surface area (Å²) in [4.78, 5) is 13.2. The number of hydrogen-bond acceptors (Lipinski definition) is 4. The molecule has 6 nitrogen and oxygen atoms in total. The molecule has 3 aromatic carbocycles. The van der Waals surface area contributed by atoms with Crippen LogP contribution in [0.3, 0.4) is 0 Å². The van der Waals surface area contributed by atoms with Crippen LogP contribution in [0.25, 0.3) is 11.3 Å². The molecule has 0 aliphatic heterocycles. The number of nitrogens with zero attached hydrogens (tertiary/aromatic N) is 2. The third-order valence-electron chi connectivity index (χ3n) is 6.05. The quantitative estimate of drug-likeness (QED) is 0.282. The molecule has 0 spiro atoms. The van der Waals surface area contributed by atoms with Gasteiger partial charge in [-0.15, -0.1) is 0 Å². The number of hydrogen-bond donors (Lipinski definition) is 1. The minimum Gasteiger partial charge on any atom is -0.457 e. The zero-order chi connectivity index (χ0) is 28.3. The minimum atomic E-state index is -4.88. The van der Waals surface area contributed by atoms with E-state index in [1.165, 1.54) is 16.9 Å². The molecule has 10 heteroatoms. The number of anilines is 1. The average Bonchev–Trinajstić information content (AvgIpc) is 2.87. The second kappa shape index (κ2) is 11.2. The van der Waals surface area contributed by atoms with Crippen molar-refractivity contribution in [1.29, 1.82) is 5.26 Å². The summed E-state index contributed by atoms with van der Waals surface area (Å²) < 4.78 is 62.6. The minimum absolute atomic E-state index is 0.00567. The standard InChI is InChI=1S/C29H24F3N3O3S/c1-18-4-5-21(19(2)14-18)17-35-27(15-26(29(30,31)32)25(16-33)28(35)36)20-6-10-23(11-7-20)38-24-12-8-22(9-13-24)34-39(3)37/h4-15,34H,17H2,1-3H3. The zero-order valence-electron chi connectivity index (χ0n) is 21.3. The third kappa shape index (κ3) is 6.38. The van der Waals surface area contributed by atoms with Gasteiger partial charge in [0.05, 0.1) is 17.8 Å². The summed E-state index contributed by atoms with van der Waals surface area (Å²) in [5.41, 5.74) is 0.440. The van der Waals surface area contributed by atoms with Gasteiger partial charge in [-0.1, -0.05) is 23.8 Å². The molecule has 0 amide bonds. The van der Waals surface area contributed by atoms with Crippen molar-refractivity contribution in [3.63, 3.8) is 0 Å². The first-order chi connectivity index (χ1) is 18.5. The second-order valence-electron chi connectivity index (χ2n) is 8.96. The highest BCUT2D eigenvalue weighted by Gasteiger charge is 2.36. The molecule has 1 heterocycles. The lowest BCUT2D eigenvalue weighted by Gasteiger charge is -2.19. The predicted molar refractivity (Wildman–Crippen MR) is 145 cm³/mol. The summed E-state index contributed by atoms with van der Waals surface area (Å²) in [5.74, 6) is 0.922. The van der Waals surface area contributed by atoms with Crippen LogP contribution >= 0.6 is 0 Å². The smallest absolute Gasteiger partial charge is 0.417 e. The maximum Gasteiger partial charge on any atom is 0.417 e. The van der Waals surface area contributed by atoms with E-state index >= 15 is 0 Å². The molecule has 0 saturated heterocycles. The normalized spacial score (nSPS) is 12.0. The van der Waals surface area contributed by atoms with Gasteiger partial charge in [0.2, 0.25) is 0 Å². The molecule has 39 heavy (non-hydrogen) atoms. The molecule has 4 rings (SSSR count). The largest absolute Gasteiger partial charge is 0.457 e. The Kier molecular flexibility index (Phi) is 7.93. The molecule has 0 saturated carbocycles. The van der Waals surface area contributed by atoms with Crippen molar-refractivity contribution in [1.82, 2.24) is 4.57 Å². The van der Waals surface area contributed by atoms with E-state index in [-0.39, 0.29) is 12.2 Å². The molecular formula is C29H24F3N3O3S. The number of alkyl halides is 3. The molecular weight excluding hydrogens is 527 g/mol. The number of aryl methyl sites for hydroxylation is 2. The summed E-state index contributed by atoms with van der Waals surface area (Å²) in [6.07, 6.45) is -3.37. The first kappa shape index (κ1) is 27.7. The first-order valence-corrected chi connectivity index (χ1v) is 13.3. The van der Waals surface area contributed by atoms with Crippen molar-refractivity contribution in [2.45, 2.75) is 26.6 Å². The molecule has 0 aliphatic rings. The fourth-order valence-corrected chi connectivity index (χ4v) is 4.62. The van der Waals surface area contributed by atoms with Gasteiger partial charge in [-0.25, -0.2) is 4.21 Å². The van der Waals surface area contributed by atoms with E-state index in [9.17, 15) is 27.4 Å². The Bertz CT molecular complexity index is 1640. The molecule has 0 aliphatic carbocycles. The van der Waals surface area contributed by atoms with Gasteiger partial charge in [0, 0.05) is 11.9 Å². The summed E-state index contributed by atoms with van der Waals surface area (Å²) in [5, 5.41) is 9.44. The summed E-state index contributed by atoms with van der Waals surface area (Å²) in [7, 11) is -1.21. The van der Waals surface area contributed by atoms with Crippen molar-refractivity contribution in [2.24, 2.45) is 0 Å². The number of nitrogens with one attached hydrogen (secondary N) is 1. The number of halogens is 3. The average molecular weight is 552 g/mol. The van der Waals surface area contributed by atoms with Crippen LogP contribution < -0.4 is 15.0 Å². The molecule has 1 unspecified atom stereocenters. The number of rotatable bonds is 7. The fraction of sp³-hybridized carbons (Fsp3) is 0.172. The predicted octanol–water partition coefficient (Wildman–Crippen LogP) is 6.57. The van der Waals surface area contributed by atoms with Gasteiger partial charge in [0.25, 0.3) is 5.56 Å². The number of nitriles is 1. The van der Waals surface area contributed by atoms with Crippen LogP contribution in [-0.2, 0) is 23.7 Å². The fourth-order valence-electron chi connectivity index (χ4n) is 4.15. The number of ether oxygens (including phenoxy) is 1. The lowest BCUT2D eigenvalue weighted by atomic mass is 10.0. The molecule has 4 aromatic rings. The molecule has 0 fully saturated rings. The number of pyridine rings is 1. The van der Waals surface area contributed by atoms with Crippen LogP contribution in [0, 0.1) is 25.2 Å². The Morgan fingerprint density at radius 1 is 0.974 bits per heavy atom. The Morgan fingerprint density at radius 2 is 1.59 bits per heavy atom. The summed E-state index contributed by atoms with van der Waals surface area (Å²) in [6, 6.07) is 21.0. The van der Waals surface area contributed by atoms with Crippen molar-refractivity contribution >= 4 is 16.7 Å². The van der Waals surface area contributed by atoms with Crippen molar-refractivity contribution < 1.29 is 22.1 Å². The van der Waals surface area contributed by atoms with E-state index in [2.05, 4.69) is 4.72 Å². The Morgan fingerprint density at radius 3 is 2.13 bits per heavy atom.